The summed E-state index contributed by atoms with van der Waals surface area (Å²) < 4.78 is 5.65. The molecule has 0 radical (unpaired) electrons. The van der Waals surface area contributed by atoms with Crippen molar-refractivity contribution in [3.05, 3.63) is 64.7 Å². The number of aryl methyl sites for hydroxylation is 1. The van der Waals surface area contributed by atoms with E-state index in [4.69, 9.17) is 16.3 Å². The lowest BCUT2D eigenvalue weighted by Gasteiger charge is -2.30. The van der Waals surface area contributed by atoms with E-state index in [0.717, 1.165) is 11.1 Å². The van der Waals surface area contributed by atoms with E-state index in [0.29, 0.717) is 23.7 Å². The number of amides is 2. The van der Waals surface area contributed by atoms with Gasteiger partial charge in [-0.15, -0.1) is 0 Å². The van der Waals surface area contributed by atoms with Gasteiger partial charge in [0.2, 0.25) is 5.91 Å². The van der Waals surface area contributed by atoms with Crippen LogP contribution in [0.1, 0.15) is 24.5 Å². The van der Waals surface area contributed by atoms with Crippen LogP contribution in [0.5, 0.6) is 5.75 Å². The molecular weight excluding hydrogens is 364 g/mol. The van der Waals surface area contributed by atoms with E-state index in [9.17, 15) is 9.59 Å². The van der Waals surface area contributed by atoms with Gasteiger partial charge >= 0.3 is 0 Å². The van der Waals surface area contributed by atoms with Gasteiger partial charge in [0.05, 0.1) is 0 Å². The van der Waals surface area contributed by atoms with Crippen LogP contribution in [-0.4, -0.2) is 36.4 Å². The molecule has 2 rings (SSSR count). The summed E-state index contributed by atoms with van der Waals surface area (Å²) in [6.07, 6.45) is 0.503. The maximum atomic E-state index is 12.9. The number of likely N-dealkylation sites (N-methyl/N-ethyl adjacent to an activating group) is 1. The quantitative estimate of drug-likeness (QED) is 0.751. The minimum atomic E-state index is -0.570. The van der Waals surface area contributed by atoms with Crippen LogP contribution in [0.4, 0.5) is 0 Å². The van der Waals surface area contributed by atoms with Crippen molar-refractivity contribution in [2.75, 3.05) is 13.7 Å². The van der Waals surface area contributed by atoms with Crippen LogP contribution in [-0.2, 0) is 16.1 Å². The first-order valence-electron chi connectivity index (χ1n) is 8.89. The smallest absolute Gasteiger partial charge is 0.261 e. The van der Waals surface area contributed by atoms with Crippen LogP contribution in [0.15, 0.2) is 48.5 Å². The van der Waals surface area contributed by atoms with E-state index in [1.165, 1.54) is 0 Å². The van der Waals surface area contributed by atoms with Crippen LogP contribution in [0.2, 0.25) is 5.02 Å². The summed E-state index contributed by atoms with van der Waals surface area (Å²) >= 11 is 5.94. The molecule has 0 bridgehead atoms. The summed E-state index contributed by atoms with van der Waals surface area (Å²) in [6.45, 7) is 4.01. The van der Waals surface area contributed by atoms with Crippen molar-refractivity contribution in [2.45, 2.75) is 32.9 Å². The highest BCUT2D eigenvalue weighted by Gasteiger charge is 2.28. The molecule has 0 aliphatic heterocycles. The molecule has 0 aliphatic carbocycles. The molecule has 0 saturated carbocycles. The van der Waals surface area contributed by atoms with Gasteiger partial charge in [-0.25, -0.2) is 0 Å². The third-order valence-corrected chi connectivity index (χ3v) is 4.50. The maximum Gasteiger partial charge on any atom is 0.261 e. The second kappa shape index (κ2) is 9.97. The lowest BCUT2D eigenvalue weighted by Crippen LogP contribution is -2.49. The fourth-order valence-corrected chi connectivity index (χ4v) is 2.93. The fourth-order valence-electron chi connectivity index (χ4n) is 2.81. The van der Waals surface area contributed by atoms with Crippen LogP contribution >= 0.6 is 11.6 Å². The molecule has 1 atom stereocenters. The molecule has 27 heavy (non-hydrogen) atoms. The molecule has 0 saturated heterocycles. The average molecular weight is 389 g/mol. The number of carbonyl (C=O) groups is 2. The van der Waals surface area contributed by atoms with Crippen molar-refractivity contribution in [1.29, 1.82) is 0 Å². The minimum absolute atomic E-state index is 0.134. The van der Waals surface area contributed by atoms with Crippen molar-refractivity contribution in [3.8, 4) is 5.75 Å². The first-order valence-corrected chi connectivity index (χ1v) is 9.27. The molecule has 0 heterocycles. The lowest BCUT2D eigenvalue weighted by molar-refractivity contribution is -0.142. The number of hydrogen-bond donors (Lipinski definition) is 1. The van der Waals surface area contributed by atoms with Gasteiger partial charge in [0.25, 0.3) is 5.91 Å². The van der Waals surface area contributed by atoms with Gasteiger partial charge in [0.1, 0.15) is 11.8 Å². The monoisotopic (exact) mass is 388 g/mol. The second-order valence-corrected chi connectivity index (χ2v) is 6.73. The zero-order chi connectivity index (χ0) is 19.8. The Morgan fingerprint density at radius 1 is 1.19 bits per heavy atom. The largest absolute Gasteiger partial charge is 0.484 e. The average Bonchev–Trinajstić information content (AvgIpc) is 2.67. The molecule has 6 heteroatoms. The van der Waals surface area contributed by atoms with Gasteiger partial charge in [0, 0.05) is 18.6 Å². The van der Waals surface area contributed by atoms with Crippen LogP contribution in [0.3, 0.4) is 0 Å². The van der Waals surface area contributed by atoms with E-state index in [1.807, 2.05) is 44.2 Å². The molecule has 2 amide bonds. The number of halogens is 1. The third-order valence-electron chi connectivity index (χ3n) is 4.25. The van der Waals surface area contributed by atoms with Crippen LogP contribution in [0, 0.1) is 6.92 Å². The normalized spacial score (nSPS) is 11.6. The Morgan fingerprint density at radius 3 is 2.48 bits per heavy atom. The Balaban J connectivity index is 2.17. The standard InChI is InChI=1S/C21H25ClN2O3/c1-4-19(21(26)23-3)24(13-16-8-10-17(22)11-9-16)20(25)14-27-18-7-5-6-15(2)12-18/h5-12,19H,4,13-14H2,1-3H3,(H,23,26)/t19-/m1/s1. The Morgan fingerprint density at radius 2 is 1.89 bits per heavy atom. The Labute approximate surface area is 165 Å². The summed E-state index contributed by atoms with van der Waals surface area (Å²) in [6, 6.07) is 14.2. The summed E-state index contributed by atoms with van der Waals surface area (Å²) in [5.41, 5.74) is 1.94. The summed E-state index contributed by atoms with van der Waals surface area (Å²) in [4.78, 5) is 26.7. The first-order chi connectivity index (χ1) is 12.9. The van der Waals surface area contributed by atoms with Crippen molar-refractivity contribution in [3.63, 3.8) is 0 Å². The van der Waals surface area contributed by atoms with Crippen LogP contribution in [0.25, 0.3) is 0 Å². The highest BCUT2D eigenvalue weighted by atomic mass is 35.5. The highest BCUT2D eigenvalue weighted by Crippen LogP contribution is 2.17. The molecule has 2 aromatic rings. The predicted molar refractivity (Wildman–Crippen MR) is 107 cm³/mol. The van der Waals surface area contributed by atoms with Crippen molar-refractivity contribution >= 4 is 23.4 Å². The number of nitrogens with zero attached hydrogens (tertiary/aromatic N) is 1. The SMILES string of the molecule is CC[C@H](C(=O)NC)N(Cc1ccc(Cl)cc1)C(=O)COc1cccc(C)c1. The first kappa shape index (κ1) is 20.8. The number of nitrogens with one attached hydrogen (secondary N) is 1. The topological polar surface area (TPSA) is 58.6 Å². The molecule has 0 aromatic heterocycles. The van der Waals surface area contributed by atoms with Gasteiger partial charge in [0.15, 0.2) is 6.61 Å². The molecule has 144 valence electrons. The molecule has 0 unspecified atom stereocenters. The summed E-state index contributed by atoms with van der Waals surface area (Å²) in [7, 11) is 1.57. The van der Waals surface area contributed by atoms with Crippen molar-refractivity contribution < 1.29 is 14.3 Å². The zero-order valence-corrected chi connectivity index (χ0v) is 16.6. The van der Waals surface area contributed by atoms with E-state index < -0.39 is 6.04 Å². The van der Waals surface area contributed by atoms with Gasteiger partial charge in [-0.2, -0.15) is 0 Å². The number of rotatable bonds is 8. The van der Waals surface area contributed by atoms with E-state index in [1.54, 1.807) is 30.1 Å². The molecule has 0 spiro atoms. The van der Waals surface area contributed by atoms with Crippen LogP contribution < -0.4 is 10.1 Å². The summed E-state index contributed by atoms with van der Waals surface area (Å²) in [5.74, 6) is 0.181. The molecule has 2 aromatic carbocycles. The molecule has 5 nitrogen and oxygen atoms in total. The van der Waals surface area contributed by atoms with Gasteiger partial charge in [-0.1, -0.05) is 42.8 Å². The summed E-state index contributed by atoms with van der Waals surface area (Å²) in [5, 5.41) is 3.26. The van der Waals surface area contributed by atoms with E-state index in [-0.39, 0.29) is 18.4 Å². The molecule has 0 fully saturated rings. The number of carbonyl (C=O) groups excluding carboxylic acids is 2. The van der Waals surface area contributed by atoms with Gasteiger partial charge < -0.3 is 15.0 Å². The lowest BCUT2D eigenvalue weighted by atomic mass is 10.1. The Bertz CT molecular complexity index is 777. The second-order valence-electron chi connectivity index (χ2n) is 6.29. The maximum absolute atomic E-state index is 12.9. The number of benzene rings is 2. The number of ether oxygens (including phenoxy) is 1. The number of hydrogen-bond acceptors (Lipinski definition) is 3. The molecule has 1 N–H and O–H groups in total. The molecular formula is C21H25ClN2O3. The highest BCUT2D eigenvalue weighted by molar-refractivity contribution is 6.30. The van der Waals surface area contributed by atoms with Crippen molar-refractivity contribution in [2.24, 2.45) is 0 Å². The van der Waals surface area contributed by atoms with E-state index >= 15 is 0 Å². The fraction of sp³-hybridized carbons (Fsp3) is 0.333. The molecule has 0 aliphatic rings. The van der Waals surface area contributed by atoms with Gasteiger partial charge in [-0.05, 0) is 48.7 Å². The Kier molecular flexibility index (Phi) is 7.67. The minimum Gasteiger partial charge on any atom is -0.484 e. The zero-order valence-electron chi connectivity index (χ0n) is 15.9. The predicted octanol–water partition coefficient (Wildman–Crippen LogP) is 3.58. The third kappa shape index (κ3) is 6.00. The van der Waals surface area contributed by atoms with Crippen molar-refractivity contribution in [1.82, 2.24) is 10.2 Å². The van der Waals surface area contributed by atoms with E-state index in [2.05, 4.69) is 5.32 Å². The Hall–Kier alpha value is -2.53. The van der Waals surface area contributed by atoms with Gasteiger partial charge in [-0.3, -0.25) is 9.59 Å².